The lowest BCUT2D eigenvalue weighted by Crippen LogP contribution is -2.16. The van der Waals surface area contributed by atoms with Crippen LogP contribution in [0.1, 0.15) is 11.5 Å². The molecule has 0 saturated carbocycles. The molecule has 0 radical (unpaired) electrons. The summed E-state index contributed by atoms with van der Waals surface area (Å²) in [7, 11) is 1.27. The molecule has 0 unspecified atom stereocenters. The summed E-state index contributed by atoms with van der Waals surface area (Å²) in [6.07, 6.45) is 0.781. The Morgan fingerprint density at radius 1 is 1.69 bits per heavy atom. The maximum Gasteiger partial charge on any atom is 0.427 e. The second-order valence-corrected chi connectivity index (χ2v) is 2.31. The number of hydrazone groups is 1. The number of hydrogen-bond acceptors (Lipinski definition) is 4. The summed E-state index contributed by atoms with van der Waals surface area (Å²) in [5.41, 5.74) is 2.14. The zero-order valence-electron chi connectivity index (χ0n) is 7.40. The molecule has 1 aromatic heterocycles. The number of furan rings is 1. The highest BCUT2D eigenvalue weighted by molar-refractivity contribution is 5.77. The van der Waals surface area contributed by atoms with Gasteiger partial charge < -0.3 is 9.15 Å². The van der Waals surface area contributed by atoms with Crippen LogP contribution in [-0.4, -0.2) is 19.4 Å². The summed E-state index contributed by atoms with van der Waals surface area (Å²) in [5.74, 6) is 1.37. The van der Waals surface area contributed by atoms with E-state index in [-0.39, 0.29) is 0 Å². The van der Waals surface area contributed by atoms with Crippen LogP contribution in [0.3, 0.4) is 0 Å². The molecule has 1 amide bonds. The van der Waals surface area contributed by atoms with Gasteiger partial charge in [-0.25, -0.2) is 10.2 Å². The molecule has 0 atom stereocenters. The number of amides is 1. The van der Waals surface area contributed by atoms with E-state index in [1.165, 1.54) is 13.3 Å². The SMILES string of the molecule is COC(=O)N/N=C\c1ccc(C)o1. The molecule has 0 aliphatic carbocycles. The quantitative estimate of drug-likeness (QED) is 0.553. The van der Waals surface area contributed by atoms with E-state index in [1.54, 1.807) is 12.1 Å². The van der Waals surface area contributed by atoms with Crippen LogP contribution in [0.2, 0.25) is 0 Å². The van der Waals surface area contributed by atoms with Crippen LogP contribution in [0.5, 0.6) is 0 Å². The van der Waals surface area contributed by atoms with Crippen molar-refractivity contribution in [1.29, 1.82) is 0 Å². The number of nitrogens with one attached hydrogen (secondary N) is 1. The smallest absolute Gasteiger partial charge is 0.427 e. The lowest BCUT2D eigenvalue weighted by Gasteiger charge is -1.93. The van der Waals surface area contributed by atoms with Crippen LogP contribution in [0.25, 0.3) is 0 Å². The third kappa shape index (κ3) is 2.98. The van der Waals surface area contributed by atoms with Gasteiger partial charge in [0.05, 0.1) is 13.3 Å². The lowest BCUT2D eigenvalue weighted by atomic mass is 10.4. The van der Waals surface area contributed by atoms with Crippen molar-refractivity contribution in [3.05, 3.63) is 23.7 Å². The largest absolute Gasteiger partial charge is 0.460 e. The fourth-order valence-electron chi connectivity index (χ4n) is 0.717. The average molecular weight is 182 g/mol. The number of methoxy groups -OCH3 is 1. The minimum absolute atomic E-state index is 0.578. The highest BCUT2D eigenvalue weighted by Crippen LogP contribution is 2.02. The minimum atomic E-state index is -0.612. The van der Waals surface area contributed by atoms with Crippen molar-refractivity contribution in [2.75, 3.05) is 7.11 Å². The number of ether oxygens (including phenoxy) is 1. The van der Waals surface area contributed by atoms with Gasteiger partial charge in [0, 0.05) is 0 Å². The van der Waals surface area contributed by atoms with Crippen molar-refractivity contribution in [3.63, 3.8) is 0 Å². The molecule has 0 spiro atoms. The molecule has 5 heteroatoms. The first-order valence-corrected chi connectivity index (χ1v) is 3.66. The molecule has 0 bridgehead atoms. The van der Waals surface area contributed by atoms with Crippen molar-refractivity contribution < 1.29 is 13.9 Å². The monoisotopic (exact) mass is 182 g/mol. The summed E-state index contributed by atoms with van der Waals surface area (Å²) >= 11 is 0. The summed E-state index contributed by atoms with van der Waals surface area (Å²) in [4.78, 5) is 10.5. The fourth-order valence-corrected chi connectivity index (χ4v) is 0.717. The van der Waals surface area contributed by atoms with Crippen molar-refractivity contribution in [2.45, 2.75) is 6.92 Å². The molecule has 0 fully saturated rings. The van der Waals surface area contributed by atoms with Crippen LogP contribution in [-0.2, 0) is 4.74 Å². The van der Waals surface area contributed by atoms with E-state index in [2.05, 4.69) is 15.3 Å². The molecule has 5 nitrogen and oxygen atoms in total. The summed E-state index contributed by atoms with van der Waals surface area (Å²) < 4.78 is 9.46. The van der Waals surface area contributed by atoms with E-state index in [4.69, 9.17) is 4.42 Å². The maximum absolute atomic E-state index is 10.5. The third-order valence-electron chi connectivity index (χ3n) is 1.29. The highest BCUT2D eigenvalue weighted by Gasteiger charge is 1.95. The molecule has 1 N–H and O–H groups in total. The Hall–Kier alpha value is -1.78. The van der Waals surface area contributed by atoms with Crippen molar-refractivity contribution >= 4 is 12.3 Å². The number of rotatable bonds is 2. The molecular weight excluding hydrogens is 172 g/mol. The minimum Gasteiger partial charge on any atom is -0.460 e. The van der Waals surface area contributed by atoms with Gasteiger partial charge in [-0.05, 0) is 19.1 Å². The molecule has 0 saturated heterocycles. The first-order valence-electron chi connectivity index (χ1n) is 3.66. The first-order chi connectivity index (χ1) is 6.22. The summed E-state index contributed by atoms with van der Waals surface area (Å²) in [6.45, 7) is 1.82. The van der Waals surface area contributed by atoms with Gasteiger partial charge in [0.2, 0.25) is 0 Å². The van der Waals surface area contributed by atoms with Crippen LogP contribution < -0.4 is 5.43 Å². The van der Waals surface area contributed by atoms with Crippen molar-refractivity contribution in [3.8, 4) is 0 Å². The molecule has 0 aliphatic rings. The number of nitrogens with zero attached hydrogens (tertiary/aromatic N) is 1. The molecule has 70 valence electrons. The highest BCUT2D eigenvalue weighted by atomic mass is 16.5. The first kappa shape index (κ1) is 9.31. The van der Waals surface area contributed by atoms with E-state index >= 15 is 0 Å². The Balaban J connectivity index is 2.45. The maximum atomic E-state index is 10.5. The van der Waals surface area contributed by atoms with Gasteiger partial charge in [0.15, 0.2) is 0 Å². The normalized spacial score (nSPS) is 10.3. The Bertz CT molecular complexity index is 317. The molecule has 1 aromatic rings. The Morgan fingerprint density at radius 3 is 3.00 bits per heavy atom. The van der Waals surface area contributed by atoms with Crippen LogP contribution >= 0.6 is 0 Å². The van der Waals surface area contributed by atoms with Gasteiger partial charge in [-0.2, -0.15) is 5.10 Å². The number of hydrogen-bond donors (Lipinski definition) is 1. The molecule has 1 rings (SSSR count). The Labute approximate surface area is 75.4 Å². The van der Waals surface area contributed by atoms with Crippen LogP contribution in [0, 0.1) is 6.92 Å². The van der Waals surface area contributed by atoms with E-state index < -0.39 is 6.09 Å². The van der Waals surface area contributed by atoms with Gasteiger partial charge in [-0.15, -0.1) is 0 Å². The summed E-state index contributed by atoms with van der Waals surface area (Å²) in [5, 5.41) is 3.58. The Morgan fingerprint density at radius 2 is 2.46 bits per heavy atom. The molecule has 13 heavy (non-hydrogen) atoms. The van der Waals surface area contributed by atoms with E-state index in [0.29, 0.717) is 5.76 Å². The zero-order valence-corrected chi connectivity index (χ0v) is 7.40. The Kier molecular flexibility index (Phi) is 3.08. The van der Waals surface area contributed by atoms with Crippen LogP contribution in [0.4, 0.5) is 4.79 Å². The topological polar surface area (TPSA) is 63.8 Å². The lowest BCUT2D eigenvalue weighted by molar-refractivity contribution is 0.171. The van der Waals surface area contributed by atoms with E-state index in [0.717, 1.165) is 5.76 Å². The molecular formula is C8H10N2O3. The van der Waals surface area contributed by atoms with E-state index in [9.17, 15) is 4.79 Å². The van der Waals surface area contributed by atoms with Gasteiger partial charge in [-0.1, -0.05) is 0 Å². The van der Waals surface area contributed by atoms with Gasteiger partial charge in [0.1, 0.15) is 11.5 Å². The van der Waals surface area contributed by atoms with Crippen LogP contribution in [0.15, 0.2) is 21.7 Å². The number of carbonyl (C=O) groups is 1. The summed E-state index contributed by atoms with van der Waals surface area (Å²) in [6, 6.07) is 3.55. The number of carbonyl (C=O) groups excluding carboxylic acids is 1. The standard InChI is InChI=1S/C8H10N2O3/c1-6-3-4-7(13-6)5-9-10-8(11)12-2/h3-5H,1-2H3,(H,10,11)/b9-5-. The van der Waals surface area contributed by atoms with Crippen molar-refractivity contribution in [2.24, 2.45) is 5.10 Å². The van der Waals surface area contributed by atoms with Gasteiger partial charge in [-0.3, -0.25) is 0 Å². The van der Waals surface area contributed by atoms with Gasteiger partial charge >= 0.3 is 6.09 Å². The van der Waals surface area contributed by atoms with Crippen molar-refractivity contribution in [1.82, 2.24) is 5.43 Å². The zero-order chi connectivity index (χ0) is 9.68. The average Bonchev–Trinajstić information content (AvgIpc) is 2.51. The van der Waals surface area contributed by atoms with E-state index in [1.807, 2.05) is 6.92 Å². The second kappa shape index (κ2) is 4.30. The van der Waals surface area contributed by atoms with Gasteiger partial charge in [0.25, 0.3) is 0 Å². The predicted molar refractivity (Wildman–Crippen MR) is 46.6 cm³/mol. The molecule has 0 aliphatic heterocycles. The fraction of sp³-hybridized carbons (Fsp3) is 0.250. The molecule has 1 heterocycles. The number of aryl methyl sites for hydroxylation is 1. The second-order valence-electron chi connectivity index (χ2n) is 2.31. The third-order valence-corrected chi connectivity index (χ3v) is 1.29. The predicted octanol–water partition coefficient (Wildman–Crippen LogP) is 1.28. The molecule has 0 aromatic carbocycles.